The summed E-state index contributed by atoms with van der Waals surface area (Å²) in [5.41, 5.74) is 0.939. The Morgan fingerprint density at radius 3 is 2.77 bits per heavy atom. The number of aromatic nitrogens is 1. The molecule has 162 valence electrons. The highest BCUT2D eigenvalue weighted by atomic mass is 35.5. The average Bonchev–Trinajstić information content (AvgIpc) is 2.74. The van der Waals surface area contributed by atoms with Crippen LogP contribution >= 0.6 is 11.6 Å². The van der Waals surface area contributed by atoms with E-state index < -0.39 is 5.82 Å². The molecule has 2 heterocycles. The number of piperidine rings is 1. The summed E-state index contributed by atoms with van der Waals surface area (Å²) in [5, 5.41) is 6.36. The smallest absolute Gasteiger partial charge is 0.319 e. The first kappa shape index (κ1) is 22.3. The van der Waals surface area contributed by atoms with Crippen LogP contribution in [0, 0.1) is 5.82 Å². The van der Waals surface area contributed by atoms with Crippen LogP contribution in [0.4, 0.5) is 14.9 Å². The molecule has 0 bridgehead atoms. The van der Waals surface area contributed by atoms with E-state index in [0.717, 1.165) is 13.1 Å². The molecule has 1 aliphatic rings. The lowest BCUT2D eigenvalue weighted by atomic mass is 9.88. The summed E-state index contributed by atoms with van der Waals surface area (Å²) < 4.78 is 25.0. The van der Waals surface area contributed by atoms with Gasteiger partial charge in [0, 0.05) is 55.5 Å². The molecule has 1 aromatic carbocycles. The number of methoxy groups -OCH3 is 2. The predicted molar refractivity (Wildman–Crippen MR) is 114 cm³/mol. The number of halogens is 2. The number of carbonyl (C=O) groups is 1. The van der Waals surface area contributed by atoms with Crippen LogP contribution in [0.25, 0.3) is 0 Å². The van der Waals surface area contributed by atoms with E-state index in [1.54, 1.807) is 31.4 Å². The van der Waals surface area contributed by atoms with Gasteiger partial charge >= 0.3 is 6.03 Å². The Hall–Kier alpha value is -2.42. The van der Waals surface area contributed by atoms with Gasteiger partial charge in [0.15, 0.2) is 0 Å². The van der Waals surface area contributed by atoms with Gasteiger partial charge in [-0.2, -0.15) is 0 Å². The van der Waals surface area contributed by atoms with Crippen LogP contribution < -0.4 is 15.4 Å². The maximum atomic E-state index is 14.8. The number of hydrogen-bond donors (Lipinski definition) is 2. The van der Waals surface area contributed by atoms with Crippen LogP contribution in [-0.2, 0) is 4.74 Å². The first-order valence-corrected chi connectivity index (χ1v) is 10.1. The molecule has 30 heavy (non-hydrogen) atoms. The Kier molecular flexibility index (Phi) is 7.84. The van der Waals surface area contributed by atoms with Crippen molar-refractivity contribution in [3.63, 3.8) is 0 Å². The molecule has 2 amide bonds. The predicted octanol–water partition coefficient (Wildman–Crippen LogP) is 3.51. The van der Waals surface area contributed by atoms with E-state index in [1.807, 2.05) is 0 Å². The highest BCUT2D eigenvalue weighted by molar-refractivity contribution is 6.30. The number of benzene rings is 1. The van der Waals surface area contributed by atoms with Gasteiger partial charge in [0.1, 0.15) is 11.6 Å². The van der Waals surface area contributed by atoms with Crippen molar-refractivity contribution in [2.75, 3.05) is 45.8 Å². The fourth-order valence-corrected chi connectivity index (χ4v) is 3.70. The quantitative estimate of drug-likeness (QED) is 0.694. The first-order valence-electron chi connectivity index (χ1n) is 9.74. The van der Waals surface area contributed by atoms with Crippen LogP contribution in [0.2, 0.25) is 5.02 Å². The van der Waals surface area contributed by atoms with Gasteiger partial charge in [0.2, 0.25) is 0 Å². The summed E-state index contributed by atoms with van der Waals surface area (Å²) in [7, 11) is 3.12. The average molecular weight is 437 g/mol. The Morgan fingerprint density at radius 1 is 1.33 bits per heavy atom. The molecular weight excluding hydrogens is 411 g/mol. The van der Waals surface area contributed by atoms with Gasteiger partial charge in [-0.1, -0.05) is 11.6 Å². The van der Waals surface area contributed by atoms with Gasteiger partial charge in [-0.25, -0.2) is 9.18 Å². The zero-order valence-electron chi connectivity index (χ0n) is 17.0. The third kappa shape index (κ3) is 5.81. The van der Waals surface area contributed by atoms with E-state index in [-0.39, 0.29) is 18.0 Å². The third-order valence-electron chi connectivity index (χ3n) is 5.16. The number of carbonyl (C=O) groups excluding carboxylic acids is 1. The van der Waals surface area contributed by atoms with Crippen molar-refractivity contribution in [1.29, 1.82) is 0 Å². The van der Waals surface area contributed by atoms with Crippen LogP contribution in [0.3, 0.4) is 0 Å². The van der Waals surface area contributed by atoms with Crippen LogP contribution in [-0.4, -0.2) is 62.4 Å². The van der Waals surface area contributed by atoms with Crippen molar-refractivity contribution in [2.45, 2.75) is 18.4 Å². The molecule has 0 radical (unpaired) electrons. The molecule has 2 aromatic rings. The molecule has 3 rings (SSSR count). The number of urea groups is 1. The minimum atomic E-state index is -0.446. The fraction of sp³-hybridized carbons (Fsp3) is 0.429. The Balaban J connectivity index is 1.74. The normalized spacial score (nSPS) is 19.3. The minimum absolute atomic E-state index is 0.272. The number of ether oxygens (including phenoxy) is 2. The molecule has 9 heteroatoms. The molecule has 0 aliphatic carbocycles. The first-order chi connectivity index (χ1) is 14.5. The van der Waals surface area contributed by atoms with Gasteiger partial charge < -0.3 is 25.0 Å². The topological polar surface area (TPSA) is 75.7 Å². The molecule has 7 nitrogen and oxygen atoms in total. The maximum Gasteiger partial charge on any atom is 0.319 e. The molecule has 1 aliphatic heterocycles. The summed E-state index contributed by atoms with van der Waals surface area (Å²) in [4.78, 5) is 19.0. The molecule has 0 unspecified atom stereocenters. The molecule has 1 fully saturated rings. The summed E-state index contributed by atoms with van der Waals surface area (Å²) in [6.45, 7) is 2.64. The number of amides is 2. The number of anilines is 1. The maximum absolute atomic E-state index is 14.8. The van der Waals surface area contributed by atoms with Crippen LogP contribution in [0.1, 0.15) is 18.0 Å². The largest absolute Gasteiger partial charge is 0.495 e. The lowest BCUT2D eigenvalue weighted by molar-refractivity contribution is 0.116. The fourth-order valence-electron chi connectivity index (χ4n) is 3.58. The lowest BCUT2D eigenvalue weighted by Gasteiger charge is -2.38. The Bertz CT molecular complexity index is 853. The van der Waals surface area contributed by atoms with Crippen molar-refractivity contribution in [3.8, 4) is 5.75 Å². The third-order valence-corrected chi connectivity index (χ3v) is 5.41. The van der Waals surface area contributed by atoms with Crippen LogP contribution in [0.5, 0.6) is 5.75 Å². The minimum Gasteiger partial charge on any atom is -0.495 e. The zero-order valence-corrected chi connectivity index (χ0v) is 17.8. The number of rotatable bonds is 7. The summed E-state index contributed by atoms with van der Waals surface area (Å²) >= 11 is 5.88. The number of likely N-dealkylation sites (tertiary alicyclic amines) is 1. The van der Waals surface area contributed by atoms with Crippen molar-refractivity contribution >= 4 is 23.3 Å². The number of nitrogens with one attached hydrogen (secondary N) is 2. The Morgan fingerprint density at radius 2 is 2.10 bits per heavy atom. The second-order valence-corrected chi connectivity index (χ2v) is 7.58. The number of nitrogens with zero attached hydrogens (tertiary/aromatic N) is 2. The van der Waals surface area contributed by atoms with E-state index in [9.17, 15) is 9.18 Å². The SMILES string of the molecule is COCCN1CC[C@@H](NC(=O)Nc2ccc(Cl)cc2)[C@H](c2ncc(OC)cc2F)C1. The van der Waals surface area contributed by atoms with Crippen LogP contribution in [0.15, 0.2) is 36.5 Å². The second-order valence-electron chi connectivity index (χ2n) is 7.14. The van der Waals surface area contributed by atoms with E-state index in [0.29, 0.717) is 41.7 Å². The molecule has 2 atom stereocenters. The molecule has 0 spiro atoms. The second kappa shape index (κ2) is 10.6. The summed E-state index contributed by atoms with van der Waals surface area (Å²) in [5.74, 6) is -0.399. The van der Waals surface area contributed by atoms with E-state index in [1.165, 1.54) is 19.4 Å². The molecule has 0 saturated carbocycles. The monoisotopic (exact) mass is 436 g/mol. The van der Waals surface area contributed by atoms with Crippen molar-refractivity contribution in [3.05, 3.63) is 53.1 Å². The van der Waals surface area contributed by atoms with Crippen molar-refractivity contribution in [1.82, 2.24) is 15.2 Å². The van der Waals surface area contributed by atoms with E-state index >= 15 is 0 Å². The van der Waals surface area contributed by atoms with E-state index in [2.05, 4.69) is 20.5 Å². The molecular formula is C21H26ClFN4O3. The van der Waals surface area contributed by atoms with Crippen molar-refractivity contribution < 1.29 is 18.7 Å². The molecule has 2 N–H and O–H groups in total. The summed E-state index contributed by atoms with van der Waals surface area (Å²) in [6.07, 6.45) is 2.16. The Labute approximate surface area is 180 Å². The van der Waals surface area contributed by atoms with Gasteiger partial charge in [-0.15, -0.1) is 0 Å². The van der Waals surface area contributed by atoms with E-state index in [4.69, 9.17) is 21.1 Å². The van der Waals surface area contributed by atoms with Gasteiger partial charge in [-0.3, -0.25) is 4.98 Å². The number of pyridine rings is 1. The number of hydrogen-bond acceptors (Lipinski definition) is 5. The van der Waals surface area contributed by atoms with Gasteiger partial charge in [-0.05, 0) is 30.7 Å². The van der Waals surface area contributed by atoms with Gasteiger partial charge in [0.25, 0.3) is 0 Å². The highest BCUT2D eigenvalue weighted by Crippen LogP contribution is 2.29. The standard InChI is InChI=1S/C21H26ClFN4O3/c1-29-10-9-27-8-7-19(26-21(28)25-15-5-3-14(22)4-6-15)17(13-27)20-18(23)11-16(30-2)12-24-20/h3-6,11-12,17,19H,7-10,13H2,1-2H3,(H2,25,26,28)/t17-,19-/m1/s1. The summed E-state index contributed by atoms with van der Waals surface area (Å²) in [6, 6.07) is 7.53. The molecule has 1 saturated heterocycles. The zero-order chi connectivity index (χ0) is 21.5. The molecule has 1 aromatic heterocycles. The lowest BCUT2D eigenvalue weighted by Crippen LogP contribution is -2.51. The van der Waals surface area contributed by atoms with Gasteiger partial charge in [0.05, 0.1) is 25.6 Å². The van der Waals surface area contributed by atoms with Crippen molar-refractivity contribution in [2.24, 2.45) is 0 Å². The highest BCUT2D eigenvalue weighted by Gasteiger charge is 2.34.